The molecule has 0 unspecified atom stereocenters. The predicted molar refractivity (Wildman–Crippen MR) is 90.6 cm³/mol. The van der Waals surface area contributed by atoms with Gasteiger partial charge in [-0.2, -0.15) is 10.2 Å². The molecule has 1 aromatic carbocycles. The molecule has 3 rings (SSSR count). The summed E-state index contributed by atoms with van der Waals surface area (Å²) in [6.07, 6.45) is 3.38. The average Bonchev–Trinajstić information content (AvgIpc) is 3.23. The minimum atomic E-state index is -0.304. The van der Waals surface area contributed by atoms with E-state index in [9.17, 15) is 4.79 Å². The minimum absolute atomic E-state index is 0.284. The number of nitrogens with zero attached hydrogens (tertiary/aromatic N) is 4. The van der Waals surface area contributed by atoms with Crippen LogP contribution in [0.15, 0.2) is 48.8 Å². The number of hydrogen-bond donors (Lipinski definition) is 1. The number of aromatic nitrogens is 4. The van der Waals surface area contributed by atoms with Crippen LogP contribution in [-0.2, 0) is 6.54 Å². The molecule has 3 aromatic rings. The third-order valence-corrected chi connectivity index (χ3v) is 3.42. The summed E-state index contributed by atoms with van der Waals surface area (Å²) in [6, 6.07) is 11.2. The summed E-state index contributed by atoms with van der Waals surface area (Å²) in [7, 11) is 0. The van der Waals surface area contributed by atoms with Crippen molar-refractivity contribution in [3.05, 3.63) is 54.5 Å². The second kappa shape index (κ2) is 6.99. The number of benzene rings is 1. The highest BCUT2D eigenvalue weighted by Gasteiger charge is 2.17. The average molecular weight is 325 g/mol. The fourth-order valence-electron chi connectivity index (χ4n) is 2.28. The molecule has 124 valence electrons. The Bertz CT molecular complexity index is 823. The highest BCUT2D eigenvalue weighted by atomic mass is 16.5. The molecule has 7 nitrogen and oxygen atoms in total. The molecule has 0 aliphatic rings. The summed E-state index contributed by atoms with van der Waals surface area (Å²) < 4.78 is 8.96. The first-order valence-electron chi connectivity index (χ1n) is 7.83. The van der Waals surface area contributed by atoms with Crippen molar-refractivity contribution in [1.29, 1.82) is 0 Å². The normalized spacial score (nSPS) is 10.6. The van der Waals surface area contributed by atoms with Crippen LogP contribution in [0.5, 0.6) is 5.88 Å². The van der Waals surface area contributed by atoms with E-state index >= 15 is 0 Å². The van der Waals surface area contributed by atoms with Gasteiger partial charge in [-0.05, 0) is 26.0 Å². The topological polar surface area (TPSA) is 74.0 Å². The number of aryl methyl sites for hydroxylation is 1. The largest absolute Gasteiger partial charge is 0.478 e. The third-order valence-electron chi connectivity index (χ3n) is 3.42. The number of rotatable bonds is 6. The molecule has 24 heavy (non-hydrogen) atoms. The van der Waals surface area contributed by atoms with Gasteiger partial charge in [0.1, 0.15) is 0 Å². The van der Waals surface area contributed by atoms with Gasteiger partial charge in [-0.25, -0.2) is 4.68 Å². The SMILES string of the molecule is CCOc1cc(C(=O)Nc2cnn(CC)c2)nn1-c1ccccc1. The van der Waals surface area contributed by atoms with E-state index in [0.29, 0.717) is 18.2 Å². The van der Waals surface area contributed by atoms with E-state index in [4.69, 9.17) is 4.74 Å². The van der Waals surface area contributed by atoms with E-state index in [1.165, 1.54) is 0 Å². The summed E-state index contributed by atoms with van der Waals surface area (Å²) in [5.41, 5.74) is 1.75. The molecule has 0 fully saturated rings. The highest BCUT2D eigenvalue weighted by molar-refractivity contribution is 6.03. The number of carbonyl (C=O) groups excluding carboxylic acids is 1. The van der Waals surface area contributed by atoms with Crippen LogP contribution in [0.2, 0.25) is 0 Å². The van der Waals surface area contributed by atoms with Crippen LogP contribution in [0.1, 0.15) is 24.3 Å². The van der Waals surface area contributed by atoms with Crippen molar-refractivity contribution in [3.8, 4) is 11.6 Å². The summed E-state index contributed by atoms with van der Waals surface area (Å²) >= 11 is 0. The zero-order chi connectivity index (χ0) is 16.9. The summed E-state index contributed by atoms with van der Waals surface area (Å²) in [4.78, 5) is 12.4. The van der Waals surface area contributed by atoms with E-state index in [-0.39, 0.29) is 11.6 Å². The Morgan fingerprint density at radius 1 is 1.25 bits per heavy atom. The van der Waals surface area contributed by atoms with E-state index < -0.39 is 0 Å². The van der Waals surface area contributed by atoms with E-state index in [0.717, 1.165) is 12.2 Å². The van der Waals surface area contributed by atoms with Crippen molar-refractivity contribution < 1.29 is 9.53 Å². The lowest BCUT2D eigenvalue weighted by atomic mass is 10.3. The van der Waals surface area contributed by atoms with Gasteiger partial charge in [0.2, 0.25) is 5.88 Å². The first-order valence-corrected chi connectivity index (χ1v) is 7.83. The molecule has 0 saturated heterocycles. The Kier molecular flexibility index (Phi) is 4.60. The molecule has 0 spiro atoms. The first kappa shape index (κ1) is 15.8. The lowest BCUT2D eigenvalue weighted by Gasteiger charge is -2.06. The number of hydrogen-bond acceptors (Lipinski definition) is 4. The van der Waals surface area contributed by atoms with Gasteiger partial charge < -0.3 is 10.1 Å². The van der Waals surface area contributed by atoms with Crippen LogP contribution in [0, 0.1) is 0 Å². The molecule has 1 amide bonds. The first-order chi connectivity index (χ1) is 11.7. The van der Waals surface area contributed by atoms with Gasteiger partial charge in [-0.15, -0.1) is 0 Å². The number of anilines is 1. The summed E-state index contributed by atoms with van der Waals surface area (Å²) in [5.74, 6) is 0.222. The Morgan fingerprint density at radius 2 is 2.04 bits per heavy atom. The lowest BCUT2D eigenvalue weighted by Crippen LogP contribution is -2.12. The lowest BCUT2D eigenvalue weighted by molar-refractivity contribution is 0.102. The molecule has 0 atom stereocenters. The molecule has 7 heteroatoms. The molecule has 1 N–H and O–H groups in total. The second-order valence-electron chi connectivity index (χ2n) is 5.09. The summed E-state index contributed by atoms with van der Waals surface area (Å²) in [6.45, 7) is 5.10. The molecular weight excluding hydrogens is 306 g/mol. The number of carbonyl (C=O) groups is 1. The van der Waals surface area contributed by atoms with E-state index in [1.807, 2.05) is 44.2 Å². The third kappa shape index (κ3) is 3.29. The number of amides is 1. The molecule has 2 heterocycles. The van der Waals surface area contributed by atoms with Gasteiger partial charge in [0.15, 0.2) is 5.69 Å². The van der Waals surface area contributed by atoms with E-state index in [2.05, 4.69) is 15.5 Å². The summed E-state index contributed by atoms with van der Waals surface area (Å²) in [5, 5.41) is 11.3. The van der Waals surface area contributed by atoms with Crippen molar-refractivity contribution in [2.24, 2.45) is 0 Å². The van der Waals surface area contributed by atoms with Crippen LogP contribution in [0.4, 0.5) is 5.69 Å². The monoisotopic (exact) mass is 325 g/mol. The van der Waals surface area contributed by atoms with Crippen molar-refractivity contribution in [2.45, 2.75) is 20.4 Å². The number of ether oxygens (including phenoxy) is 1. The van der Waals surface area contributed by atoms with Crippen LogP contribution in [0.3, 0.4) is 0 Å². The van der Waals surface area contributed by atoms with Crippen molar-refractivity contribution in [3.63, 3.8) is 0 Å². The maximum Gasteiger partial charge on any atom is 0.276 e. The predicted octanol–water partition coefficient (Wildman–Crippen LogP) is 2.74. The van der Waals surface area contributed by atoms with Crippen molar-refractivity contribution in [1.82, 2.24) is 19.6 Å². The Morgan fingerprint density at radius 3 is 2.71 bits per heavy atom. The molecule has 0 bridgehead atoms. The van der Waals surface area contributed by atoms with Crippen LogP contribution in [-0.4, -0.2) is 32.1 Å². The zero-order valence-electron chi connectivity index (χ0n) is 13.6. The quantitative estimate of drug-likeness (QED) is 0.756. The molecule has 0 aliphatic heterocycles. The minimum Gasteiger partial charge on any atom is -0.478 e. The Hall–Kier alpha value is -3.09. The standard InChI is InChI=1S/C17H19N5O2/c1-3-21-12-13(11-18-21)19-17(23)15-10-16(24-4-2)22(20-15)14-8-6-5-7-9-14/h5-12H,3-4H2,1-2H3,(H,19,23). The zero-order valence-corrected chi connectivity index (χ0v) is 13.6. The fourth-order valence-corrected chi connectivity index (χ4v) is 2.28. The fraction of sp³-hybridized carbons (Fsp3) is 0.235. The van der Waals surface area contributed by atoms with E-state index in [1.54, 1.807) is 27.8 Å². The smallest absolute Gasteiger partial charge is 0.276 e. The number of para-hydroxylation sites is 1. The van der Waals surface area contributed by atoms with Gasteiger partial charge >= 0.3 is 0 Å². The van der Waals surface area contributed by atoms with Gasteiger partial charge in [0, 0.05) is 18.8 Å². The maximum absolute atomic E-state index is 12.4. The molecule has 0 aliphatic carbocycles. The van der Waals surface area contributed by atoms with Gasteiger partial charge in [-0.1, -0.05) is 18.2 Å². The molecule has 0 saturated carbocycles. The molecule has 0 radical (unpaired) electrons. The van der Waals surface area contributed by atoms with Crippen LogP contribution < -0.4 is 10.1 Å². The Labute approximate surface area is 139 Å². The number of nitrogens with one attached hydrogen (secondary N) is 1. The molecule has 2 aromatic heterocycles. The maximum atomic E-state index is 12.4. The van der Waals surface area contributed by atoms with Gasteiger partial charge in [0.25, 0.3) is 5.91 Å². The van der Waals surface area contributed by atoms with Gasteiger partial charge in [-0.3, -0.25) is 9.48 Å². The highest BCUT2D eigenvalue weighted by Crippen LogP contribution is 2.20. The van der Waals surface area contributed by atoms with Crippen molar-refractivity contribution >= 4 is 11.6 Å². The second-order valence-corrected chi connectivity index (χ2v) is 5.09. The van der Waals surface area contributed by atoms with Gasteiger partial charge in [0.05, 0.1) is 24.2 Å². The molecular formula is C17H19N5O2. The van der Waals surface area contributed by atoms with Crippen molar-refractivity contribution in [2.75, 3.05) is 11.9 Å². The van der Waals surface area contributed by atoms with Crippen LogP contribution >= 0.6 is 0 Å². The van der Waals surface area contributed by atoms with Crippen LogP contribution in [0.25, 0.3) is 5.69 Å². The Balaban J connectivity index is 1.86.